The zero-order chi connectivity index (χ0) is 14.3. The predicted octanol–water partition coefficient (Wildman–Crippen LogP) is 2.25. The highest BCUT2D eigenvalue weighted by atomic mass is 16.4. The van der Waals surface area contributed by atoms with Gasteiger partial charge in [-0.1, -0.05) is 29.8 Å². The molecule has 1 aromatic carbocycles. The number of hydrogen-bond acceptors (Lipinski definition) is 2. The molecule has 4 nitrogen and oxygen atoms in total. The third-order valence-electron chi connectivity index (χ3n) is 3.06. The van der Waals surface area contributed by atoms with Crippen LogP contribution >= 0.6 is 0 Å². The normalized spacial score (nSPS) is 10.2. The van der Waals surface area contributed by atoms with E-state index in [0.717, 1.165) is 12.0 Å². The highest BCUT2D eigenvalue weighted by Crippen LogP contribution is 2.07. The third-order valence-corrected chi connectivity index (χ3v) is 3.06. The van der Waals surface area contributed by atoms with E-state index in [2.05, 4.69) is 0 Å². The van der Waals surface area contributed by atoms with Gasteiger partial charge in [0.1, 0.15) is 0 Å². The van der Waals surface area contributed by atoms with Crippen LogP contribution in [0.3, 0.4) is 0 Å². The summed E-state index contributed by atoms with van der Waals surface area (Å²) >= 11 is 0. The molecule has 19 heavy (non-hydrogen) atoms. The Bertz CT molecular complexity index is 426. The standard InChI is InChI=1S/C15H21NO3/c1-12-5-7-13(8-6-12)9-10-14(17)16(2)11-3-4-15(18)19/h5-8H,3-4,9-11H2,1-2H3,(H,18,19). The van der Waals surface area contributed by atoms with Gasteiger partial charge in [-0.25, -0.2) is 0 Å². The average Bonchev–Trinajstić information content (AvgIpc) is 2.37. The monoisotopic (exact) mass is 263 g/mol. The van der Waals surface area contributed by atoms with E-state index in [9.17, 15) is 9.59 Å². The first kappa shape index (κ1) is 15.2. The minimum absolute atomic E-state index is 0.0611. The van der Waals surface area contributed by atoms with Crippen LogP contribution < -0.4 is 0 Å². The van der Waals surface area contributed by atoms with Gasteiger partial charge in [0.05, 0.1) is 0 Å². The van der Waals surface area contributed by atoms with Crippen molar-refractivity contribution in [1.82, 2.24) is 4.90 Å². The zero-order valence-corrected chi connectivity index (χ0v) is 11.6. The number of nitrogens with zero attached hydrogens (tertiary/aromatic N) is 1. The van der Waals surface area contributed by atoms with Gasteiger partial charge in [0, 0.05) is 26.4 Å². The number of benzene rings is 1. The maximum absolute atomic E-state index is 11.8. The zero-order valence-electron chi connectivity index (χ0n) is 11.6. The van der Waals surface area contributed by atoms with E-state index in [0.29, 0.717) is 19.4 Å². The van der Waals surface area contributed by atoms with Gasteiger partial charge in [0.2, 0.25) is 5.91 Å². The summed E-state index contributed by atoms with van der Waals surface area (Å²) in [5.41, 5.74) is 2.36. The van der Waals surface area contributed by atoms with Gasteiger partial charge in [0.25, 0.3) is 0 Å². The Hall–Kier alpha value is -1.84. The van der Waals surface area contributed by atoms with Crippen LogP contribution in [0.2, 0.25) is 0 Å². The van der Waals surface area contributed by atoms with E-state index in [1.807, 2.05) is 31.2 Å². The van der Waals surface area contributed by atoms with Crippen molar-refractivity contribution in [2.45, 2.75) is 32.6 Å². The molecular weight excluding hydrogens is 242 g/mol. The molecule has 0 heterocycles. The maximum Gasteiger partial charge on any atom is 0.303 e. The molecule has 0 bridgehead atoms. The number of rotatable bonds is 7. The minimum Gasteiger partial charge on any atom is -0.481 e. The van der Waals surface area contributed by atoms with E-state index < -0.39 is 5.97 Å². The number of aryl methyl sites for hydroxylation is 2. The molecule has 0 aliphatic heterocycles. The van der Waals surface area contributed by atoms with Gasteiger partial charge in [-0.2, -0.15) is 0 Å². The van der Waals surface area contributed by atoms with E-state index in [1.54, 1.807) is 11.9 Å². The molecule has 1 rings (SSSR count). The van der Waals surface area contributed by atoms with Crippen LogP contribution in [-0.4, -0.2) is 35.5 Å². The van der Waals surface area contributed by atoms with Crippen molar-refractivity contribution < 1.29 is 14.7 Å². The number of carboxylic acids is 1. The SMILES string of the molecule is Cc1ccc(CCC(=O)N(C)CCCC(=O)O)cc1. The van der Waals surface area contributed by atoms with Crippen LogP contribution in [0.5, 0.6) is 0 Å². The van der Waals surface area contributed by atoms with Crippen molar-refractivity contribution in [1.29, 1.82) is 0 Å². The summed E-state index contributed by atoms with van der Waals surface area (Å²) in [5.74, 6) is -0.758. The topological polar surface area (TPSA) is 57.6 Å². The van der Waals surface area contributed by atoms with Gasteiger partial charge < -0.3 is 10.0 Å². The Kier molecular flexibility index (Phi) is 6.06. The summed E-state index contributed by atoms with van der Waals surface area (Å²) in [7, 11) is 1.72. The molecule has 0 radical (unpaired) electrons. The van der Waals surface area contributed by atoms with Gasteiger partial charge in [-0.3, -0.25) is 9.59 Å². The van der Waals surface area contributed by atoms with Crippen molar-refractivity contribution in [3.63, 3.8) is 0 Å². The first-order valence-electron chi connectivity index (χ1n) is 6.50. The van der Waals surface area contributed by atoms with Crippen LogP contribution in [0, 0.1) is 6.92 Å². The molecule has 0 atom stereocenters. The van der Waals surface area contributed by atoms with Crippen LogP contribution in [-0.2, 0) is 16.0 Å². The summed E-state index contributed by atoms with van der Waals surface area (Å²) in [5, 5.41) is 8.54. The van der Waals surface area contributed by atoms with Gasteiger partial charge >= 0.3 is 5.97 Å². The summed E-state index contributed by atoms with van der Waals surface area (Å²) in [4.78, 5) is 23.8. The number of carbonyl (C=O) groups is 2. The average molecular weight is 263 g/mol. The van der Waals surface area contributed by atoms with E-state index in [4.69, 9.17) is 5.11 Å². The van der Waals surface area contributed by atoms with Crippen molar-refractivity contribution in [2.75, 3.05) is 13.6 Å². The lowest BCUT2D eigenvalue weighted by molar-refractivity contribution is -0.138. The molecule has 1 amide bonds. The second kappa shape index (κ2) is 7.56. The fourth-order valence-electron chi connectivity index (χ4n) is 1.79. The lowest BCUT2D eigenvalue weighted by Crippen LogP contribution is -2.28. The first-order valence-corrected chi connectivity index (χ1v) is 6.50. The lowest BCUT2D eigenvalue weighted by Gasteiger charge is -2.16. The van der Waals surface area contributed by atoms with E-state index in [1.165, 1.54) is 5.56 Å². The number of carboxylic acid groups (broad SMARTS) is 1. The Morgan fingerprint density at radius 2 is 1.79 bits per heavy atom. The molecule has 0 aliphatic carbocycles. The Labute approximate surface area is 114 Å². The predicted molar refractivity (Wildman–Crippen MR) is 74.0 cm³/mol. The molecule has 0 aromatic heterocycles. The number of hydrogen-bond donors (Lipinski definition) is 1. The van der Waals surface area contributed by atoms with Crippen LogP contribution in [0.4, 0.5) is 0 Å². The molecule has 104 valence electrons. The van der Waals surface area contributed by atoms with E-state index >= 15 is 0 Å². The fourth-order valence-corrected chi connectivity index (χ4v) is 1.79. The smallest absolute Gasteiger partial charge is 0.303 e. The molecular formula is C15H21NO3. The number of carbonyl (C=O) groups excluding carboxylic acids is 1. The second-order valence-electron chi connectivity index (χ2n) is 4.80. The maximum atomic E-state index is 11.8. The van der Waals surface area contributed by atoms with Gasteiger partial charge in [-0.05, 0) is 25.3 Å². The van der Waals surface area contributed by atoms with E-state index in [-0.39, 0.29) is 12.3 Å². The molecule has 0 fully saturated rings. The quantitative estimate of drug-likeness (QED) is 0.821. The van der Waals surface area contributed by atoms with Gasteiger partial charge in [0.15, 0.2) is 0 Å². The van der Waals surface area contributed by atoms with Crippen molar-refractivity contribution in [3.8, 4) is 0 Å². The molecule has 0 spiro atoms. The second-order valence-corrected chi connectivity index (χ2v) is 4.80. The van der Waals surface area contributed by atoms with Crippen LogP contribution in [0.15, 0.2) is 24.3 Å². The summed E-state index contributed by atoms with van der Waals surface area (Å²) in [6.45, 7) is 2.53. The molecule has 1 aromatic rings. The lowest BCUT2D eigenvalue weighted by atomic mass is 10.1. The highest BCUT2D eigenvalue weighted by molar-refractivity contribution is 5.76. The summed E-state index contributed by atoms with van der Waals surface area (Å²) in [6.07, 6.45) is 1.80. The largest absolute Gasteiger partial charge is 0.481 e. The molecule has 0 saturated heterocycles. The third kappa shape index (κ3) is 6.04. The molecule has 0 aliphatic rings. The first-order chi connectivity index (χ1) is 8.99. The molecule has 4 heteroatoms. The van der Waals surface area contributed by atoms with Crippen molar-refractivity contribution in [2.24, 2.45) is 0 Å². The molecule has 1 N–H and O–H groups in total. The van der Waals surface area contributed by atoms with Crippen molar-refractivity contribution in [3.05, 3.63) is 35.4 Å². The Morgan fingerprint density at radius 3 is 2.37 bits per heavy atom. The number of aliphatic carboxylic acids is 1. The highest BCUT2D eigenvalue weighted by Gasteiger charge is 2.09. The Morgan fingerprint density at radius 1 is 1.16 bits per heavy atom. The number of amides is 1. The van der Waals surface area contributed by atoms with Gasteiger partial charge in [-0.15, -0.1) is 0 Å². The Balaban J connectivity index is 2.30. The van der Waals surface area contributed by atoms with Crippen LogP contribution in [0.25, 0.3) is 0 Å². The summed E-state index contributed by atoms with van der Waals surface area (Å²) < 4.78 is 0. The minimum atomic E-state index is -0.819. The molecule has 0 unspecified atom stereocenters. The van der Waals surface area contributed by atoms with Crippen molar-refractivity contribution >= 4 is 11.9 Å². The molecule has 0 saturated carbocycles. The summed E-state index contributed by atoms with van der Waals surface area (Å²) in [6, 6.07) is 8.15. The fraction of sp³-hybridized carbons (Fsp3) is 0.467. The van der Waals surface area contributed by atoms with Crippen LogP contribution in [0.1, 0.15) is 30.4 Å².